The molecule has 0 N–H and O–H groups in total. The van der Waals surface area contributed by atoms with Gasteiger partial charge in [0, 0.05) is 43.7 Å². The van der Waals surface area contributed by atoms with Crippen LogP contribution in [0.5, 0.6) is 0 Å². The van der Waals surface area contributed by atoms with Crippen LogP contribution in [0, 0.1) is 17.7 Å². The molecule has 9 nitrogen and oxygen atoms in total. The first kappa shape index (κ1) is 40.5. The van der Waals surface area contributed by atoms with Gasteiger partial charge in [0.1, 0.15) is 11.4 Å². The minimum atomic E-state index is -0.632. The van der Waals surface area contributed by atoms with Crippen LogP contribution in [0.1, 0.15) is 108 Å². The van der Waals surface area contributed by atoms with Crippen LogP contribution >= 0.6 is 0 Å². The Kier molecular flexibility index (Phi) is 12.1. The number of nitrogens with zero attached hydrogens (tertiary/aromatic N) is 3. The number of halogens is 1. The van der Waals surface area contributed by atoms with Crippen LogP contribution in [0.25, 0.3) is 0 Å². The maximum atomic E-state index is 14.0. The zero-order valence-electron chi connectivity index (χ0n) is 34.1. The molecule has 4 fully saturated rings. The van der Waals surface area contributed by atoms with Crippen molar-refractivity contribution in [2.45, 2.75) is 148 Å². The number of Topliss-reactive ketones (excluding diaryl/α,β-unsaturated/α-hetero) is 2. The van der Waals surface area contributed by atoms with E-state index in [-0.39, 0.29) is 54.5 Å². The molecule has 2 saturated heterocycles. The van der Waals surface area contributed by atoms with E-state index in [1.165, 1.54) is 12.1 Å². The van der Waals surface area contributed by atoms with Gasteiger partial charge in [0.25, 0.3) is 0 Å². The van der Waals surface area contributed by atoms with Crippen molar-refractivity contribution < 1.29 is 33.0 Å². The number of hydrogen-bond acceptors (Lipinski definition) is 7. The summed E-state index contributed by atoms with van der Waals surface area (Å²) in [6, 6.07) is 21.7. The van der Waals surface area contributed by atoms with E-state index >= 15 is 0 Å². The van der Waals surface area contributed by atoms with Gasteiger partial charge in [-0.15, -0.1) is 0 Å². The van der Waals surface area contributed by atoms with E-state index in [0.29, 0.717) is 37.8 Å². The lowest BCUT2D eigenvalue weighted by Crippen LogP contribution is -2.47. The zero-order valence-corrected chi connectivity index (χ0v) is 34.1. The van der Waals surface area contributed by atoms with Gasteiger partial charge in [-0.25, -0.2) is 14.0 Å². The Balaban J connectivity index is 0.997. The fourth-order valence-corrected chi connectivity index (χ4v) is 9.75. The molecule has 2 aliphatic carbocycles. The Morgan fingerprint density at radius 3 is 1.54 bits per heavy atom. The standard InChI is InChI=1S/C47H58FN3O6/c1-30(2)56-45(54)50-39-10-6-8-35(39)26-41(50)43(52)24-31-12-16-33(17-13-31)28-49(38-22-20-37(48)21-23-38)29-34-18-14-32(15-19-34)25-44(53)42-27-36-9-7-11-40(36)51(42)46(55)57-47(3,4)5/h12-23,30,35-36,39-42H,6-11,24-29H2,1-5H3/t35-,36-,39-,40-,41-,42-/m0/s1. The van der Waals surface area contributed by atoms with Crippen molar-refractivity contribution in [2.75, 3.05) is 4.90 Å². The van der Waals surface area contributed by atoms with Crippen LogP contribution in [-0.2, 0) is 45.0 Å². The van der Waals surface area contributed by atoms with Crippen molar-refractivity contribution in [3.8, 4) is 0 Å². The number of anilines is 1. The number of likely N-dealkylation sites (tertiary alicyclic amines) is 2. The molecular weight excluding hydrogens is 722 g/mol. The summed E-state index contributed by atoms with van der Waals surface area (Å²) in [4.78, 5) is 59.4. The summed E-state index contributed by atoms with van der Waals surface area (Å²) in [6.07, 6.45) is 6.91. The number of amides is 2. The summed E-state index contributed by atoms with van der Waals surface area (Å²) in [5.41, 5.74) is 4.09. The first-order valence-electron chi connectivity index (χ1n) is 20.9. The molecular formula is C47H58FN3O6. The van der Waals surface area contributed by atoms with E-state index in [9.17, 15) is 23.6 Å². The number of hydrogen-bond donors (Lipinski definition) is 0. The summed E-state index contributed by atoms with van der Waals surface area (Å²) in [7, 11) is 0. The molecule has 7 rings (SSSR count). The van der Waals surface area contributed by atoms with Crippen LogP contribution in [0.15, 0.2) is 72.8 Å². The van der Waals surface area contributed by atoms with E-state index in [0.717, 1.165) is 66.5 Å². The second-order valence-corrected chi connectivity index (χ2v) is 18.0. The molecule has 10 heteroatoms. The molecule has 3 aromatic rings. The van der Waals surface area contributed by atoms with Crippen molar-refractivity contribution in [1.29, 1.82) is 0 Å². The zero-order chi connectivity index (χ0) is 40.4. The predicted molar refractivity (Wildman–Crippen MR) is 217 cm³/mol. The van der Waals surface area contributed by atoms with E-state index in [2.05, 4.69) is 4.90 Å². The molecule has 0 aromatic heterocycles. The third-order valence-corrected chi connectivity index (χ3v) is 12.3. The van der Waals surface area contributed by atoms with E-state index in [4.69, 9.17) is 9.47 Å². The second kappa shape index (κ2) is 17.0. The first-order chi connectivity index (χ1) is 27.2. The van der Waals surface area contributed by atoms with Crippen molar-refractivity contribution >= 4 is 29.4 Å². The molecule has 3 aromatic carbocycles. The summed E-state index contributed by atoms with van der Waals surface area (Å²) in [6.45, 7) is 10.3. The largest absolute Gasteiger partial charge is 0.447 e. The van der Waals surface area contributed by atoms with Crippen molar-refractivity contribution in [3.63, 3.8) is 0 Å². The number of fused-ring (bicyclic) bond motifs is 2. The van der Waals surface area contributed by atoms with Gasteiger partial charge in [0.2, 0.25) is 0 Å². The highest BCUT2D eigenvalue weighted by molar-refractivity contribution is 5.90. The molecule has 0 radical (unpaired) electrons. The molecule has 2 aliphatic heterocycles. The van der Waals surface area contributed by atoms with Crippen LogP contribution in [0.2, 0.25) is 0 Å². The third-order valence-electron chi connectivity index (χ3n) is 12.3. The van der Waals surface area contributed by atoms with Gasteiger partial charge < -0.3 is 14.4 Å². The average Bonchev–Trinajstić information content (AvgIpc) is 3.94. The van der Waals surface area contributed by atoms with Gasteiger partial charge in [-0.2, -0.15) is 0 Å². The van der Waals surface area contributed by atoms with Gasteiger partial charge in [0.05, 0.1) is 18.2 Å². The summed E-state index contributed by atoms with van der Waals surface area (Å²) in [5.74, 6) is 0.472. The highest BCUT2D eigenvalue weighted by Gasteiger charge is 2.50. The number of ketones is 2. The van der Waals surface area contributed by atoms with Crippen LogP contribution < -0.4 is 4.90 Å². The van der Waals surface area contributed by atoms with Crippen molar-refractivity contribution in [1.82, 2.24) is 9.80 Å². The fraction of sp³-hybridized carbons (Fsp3) is 0.532. The van der Waals surface area contributed by atoms with E-state index in [1.54, 1.807) is 21.9 Å². The molecule has 0 unspecified atom stereocenters. The maximum Gasteiger partial charge on any atom is 0.411 e. The molecule has 4 aliphatic rings. The normalized spacial score (nSPS) is 24.1. The Morgan fingerprint density at radius 2 is 1.11 bits per heavy atom. The lowest BCUT2D eigenvalue weighted by molar-refractivity contribution is -0.123. The number of benzene rings is 3. The van der Waals surface area contributed by atoms with E-state index in [1.807, 2.05) is 83.1 Å². The third kappa shape index (κ3) is 9.53. The molecule has 0 bridgehead atoms. The summed E-state index contributed by atoms with van der Waals surface area (Å²) < 4.78 is 25.3. The Labute approximate surface area is 336 Å². The molecule has 2 amide bonds. The fourth-order valence-electron chi connectivity index (χ4n) is 9.75. The average molecular weight is 780 g/mol. The molecule has 57 heavy (non-hydrogen) atoms. The minimum Gasteiger partial charge on any atom is -0.447 e. The maximum absolute atomic E-state index is 14.0. The van der Waals surface area contributed by atoms with Gasteiger partial charge in [0.15, 0.2) is 11.6 Å². The smallest absolute Gasteiger partial charge is 0.411 e. The second-order valence-electron chi connectivity index (χ2n) is 18.0. The minimum absolute atomic E-state index is 0.0397. The highest BCUT2D eigenvalue weighted by atomic mass is 19.1. The highest BCUT2D eigenvalue weighted by Crippen LogP contribution is 2.43. The lowest BCUT2D eigenvalue weighted by atomic mass is 9.96. The Bertz CT molecular complexity index is 1910. The first-order valence-corrected chi connectivity index (χ1v) is 20.9. The van der Waals surface area contributed by atoms with Crippen molar-refractivity contribution in [2.24, 2.45) is 11.8 Å². The number of carbonyl (C=O) groups excluding carboxylic acids is 4. The van der Waals surface area contributed by atoms with Crippen molar-refractivity contribution in [3.05, 3.63) is 101 Å². The van der Waals surface area contributed by atoms with Crippen LogP contribution in [-0.4, -0.2) is 69.4 Å². The quantitative estimate of drug-likeness (QED) is 0.181. The van der Waals surface area contributed by atoms with Gasteiger partial charge in [-0.05, 0) is 131 Å². The monoisotopic (exact) mass is 779 g/mol. The molecule has 6 atom stereocenters. The summed E-state index contributed by atoms with van der Waals surface area (Å²) in [5, 5.41) is 0. The molecule has 0 spiro atoms. The SMILES string of the molecule is CC(C)OC(=O)N1[C@H](C(=O)Cc2ccc(CN(Cc3ccc(CC(=O)[C@@H]4C[C@@H]5CCC[C@@H]5N4C(=O)OC(C)(C)C)cc3)c3ccc(F)cc3)cc2)C[C@@H]2CCC[C@@H]21. The summed E-state index contributed by atoms with van der Waals surface area (Å²) >= 11 is 0. The van der Waals surface area contributed by atoms with Crippen LogP contribution in [0.3, 0.4) is 0 Å². The van der Waals surface area contributed by atoms with Gasteiger partial charge in [-0.1, -0.05) is 61.4 Å². The lowest BCUT2D eigenvalue weighted by Gasteiger charge is -2.31. The number of carbonyl (C=O) groups is 4. The molecule has 2 saturated carbocycles. The van der Waals surface area contributed by atoms with Gasteiger partial charge >= 0.3 is 12.2 Å². The predicted octanol–water partition coefficient (Wildman–Crippen LogP) is 9.22. The van der Waals surface area contributed by atoms with Crippen LogP contribution in [0.4, 0.5) is 19.7 Å². The topological polar surface area (TPSA) is 96.5 Å². The Hall–Kier alpha value is -4.73. The van der Waals surface area contributed by atoms with Gasteiger partial charge in [-0.3, -0.25) is 19.4 Å². The molecule has 304 valence electrons. The van der Waals surface area contributed by atoms with E-state index < -0.39 is 23.8 Å². The number of ether oxygens (including phenoxy) is 2. The Morgan fingerprint density at radius 1 is 0.667 bits per heavy atom. The molecule has 2 heterocycles. The number of rotatable bonds is 12.